The molecule has 0 saturated heterocycles. The van der Waals surface area contributed by atoms with Crippen LogP contribution in [-0.4, -0.2) is 18.8 Å². The van der Waals surface area contributed by atoms with E-state index < -0.39 is 11.1 Å². The molecule has 116 valence electrons. The number of imidazole rings is 2. The number of fused-ring (bicyclic) bond motifs is 6. The van der Waals surface area contributed by atoms with Crippen LogP contribution >= 0.6 is 23.2 Å². The Hall–Kier alpha value is -2.70. The van der Waals surface area contributed by atoms with Crippen LogP contribution in [0.2, 0.25) is 10.0 Å². The SMILES string of the molecule is O=c1c2nc3ccc(Cl)cc3n2c(=O)c2nc3cc(Cl)ccc3n12. The predicted octanol–water partition coefficient (Wildman–Crippen LogP) is 2.75. The van der Waals surface area contributed by atoms with Gasteiger partial charge in [0.15, 0.2) is 0 Å². The maximum Gasteiger partial charge on any atom is 0.300 e. The van der Waals surface area contributed by atoms with E-state index in [2.05, 4.69) is 9.97 Å². The molecular weight excluding hydrogens is 351 g/mol. The van der Waals surface area contributed by atoms with Crippen molar-refractivity contribution in [3.63, 3.8) is 0 Å². The van der Waals surface area contributed by atoms with E-state index in [-0.39, 0.29) is 11.3 Å². The molecule has 3 heterocycles. The highest BCUT2D eigenvalue weighted by Crippen LogP contribution is 2.21. The zero-order chi connectivity index (χ0) is 16.6. The van der Waals surface area contributed by atoms with Gasteiger partial charge in [-0.2, -0.15) is 0 Å². The zero-order valence-corrected chi connectivity index (χ0v) is 13.3. The number of aromatic nitrogens is 4. The Morgan fingerprint density at radius 3 is 2.04 bits per heavy atom. The van der Waals surface area contributed by atoms with Gasteiger partial charge in [0, 0.05) is 10.0 Å². The van der Waals surface area contributed by atoms with Crippen LogP contribution in [0.25, 0.3) is 33.4 Å². The lowest BCUT2D eigenvalue weighted by Gasteiger charge is -1.97. The molecule has 0 bridgehead atoms. The van der Waals surface area contributed by atoms with Gasteiger partial charge < -0.3 is 0 Å². The monoisotopic (exact) mass is 356 g/mol. The van der Waals surface area contributed by atoms with Crippen LogP contribution in [0, 0.1) is 0 Å². The van der Waals surface area contributed by atoms with E-state index >= 15 is 0 Å². The summed E-state index contributed by atoms with van der Waals surface area (Å²) in [5.41, 5.74) is 1.23. The van der Waals surface area contributed by atoms with Crippen molar-refractivity contribution >= 4 is 56.6 Å². The van der Waals surface area contributed by atoms with Crippen LogP contribution in [-0.2, 0) is 0 Å². The summed E-state index contributed by atoms with van der Waals surface area (Å²) in [5.74, 6) is 0. The molecule has 0 unspecified atom stereocenters. The highest BCUT2D eigenvalue weighted by molar-refractivity contribution is 6.31. The Morgan fingerprint density at radius 1 is 0.708 bits per heavy atom. The van der Waals surface area contributed by atoms with Crippen LogP contribution in [0.3, 0.4) is 0 Å². The minimum Gasteiger partial charge on any atom is -0.265 e. The third-order valence-electron chi connectivity index (χ3n) is 4.02. The second kappa shape index (κ2) is 4.43. The average Bonchev–Trinajstić information content (AvgIpc) is 3.10. The molecule has 0 fully saturated rings. The highest BCUT2D eigenvalue weighted by atomic mass is 35.5. The molecule has 6 nitrogen and oxygen atoms in total. The van der Waals surface area contributed by atoms with Crippen molar-refractivity contribution in [2.75, 3.05) is 0 Å². The number of rotatable bonds is 0. The molecule has 5 aromatic rings. The molecule has 24 heavy (non-hydrogen) atoms. The van der Waals surface area contributed by atoms with Crippen LogP contribution in [0.5, 0.6) is 0 Å². The largest absolute Gasteiger partial charge is 0.300 e. The Balaban J connectivity index is 2.14. The second-order valence-corrected chi connectivity index (χ2v) is 6.29. The first kappa shape index (κ1) is 13.7. The van der Waals surface area contributed by atoms with Gasteiger partial charge in [0.25, 0.3) is 0 Å². The molecule has 0 radical (unpaired) electrons. The summed E-state index contributed by atoms with van der Waals surface area (Å²) in [7, 11) is 0. The van der Waals surface area contributed by atoms with E-state index in [4.69, 9.17) is 23.2 Å². The molecule has 0 aliphatic rings. The fourth-order valence-electron chi connectivity index (χ4n) is 3.00. The molecule has 0 spiro atoms. The fraction of sp³-hybridized carbons (Fsp3) is 0. The van der Waals surface area contributed by atoms with Gasteiger partial charge in [-0.15, -0.1) is 0 Å². The molecule has 0 aliphatic heterocycles. The van der Waals surface area contributed by atoms with Crippen molar-refractivity contribution in [3.8, 4) is 0 Å². The van der Waals surface area contributed by atoms with Crippen molar-refractivity contribution in [3.05, 3.63) is 67.2 Å². The number of halogens is 2. The minimum absolute atomic E-state index is 0.0315. The van der Waals surface area contributed by atoms with Crippen molar-refractivity contribution in [1.82, 2.24) is 18.8 Å². The summed E-state index contributed by atoms with van der Waals surface area (Å²) in [6.45, 7) is 0. The normalized spacial score (nSPS) is 12.1. The van der Waals surface area contributed by atoms with E-state index in [1.807, 2.05) is 0 Å². The van der Waals surface area contributed by atoms with Gasteiger partial charge in [-0.1, -0.05) is 23.2 Å². The van der Waals surface area contributed by atoms with Gasteiger partial charge in [-0.05, 0) is 36.4 Å². The van der Waals surface area contributed by atoms with Gasteiger partial charge in [0.1, 0.15) is 0 Å². The lowest BCUT2D eigenvalue weighted by molar-refractivity contribution is 1.04. The lowest BCUT2D eigenvalue weighted by atomic mass is 10.3. The summed E-state index contributed by atoms with van der Waals surface area (Å²) in [6.07, 6.45) is 0. The average molecular weight is 357 g/mol. The van der Waals surface area contributed by atoms with Gasteiger partial charge in [0.2, 0.25) is 11.3 Å². The summed E-state index contributed by atoms with van der Waals surface area (Å²) < 4.78 is 2.53. The van der Waals surface area contributed by atoms with Crippen molar-refractivity contribution in [2.24, 2.45) is 0 Å². The lowest BCUT2D eigenvalue weighted by Crippen LogP contribution is -2.26. The van der Waals surface area contributed by atoms with Crippen LogP contribution in [0.4, 0.5) is 0 Å². The molecule has 0 aliphatic carbocycles. The maximum atomic E-state index is 12.9. The highest BCUT2D eigenvalue weighted by Gasteiger charge is 2.19. The van der Waals surface area contributed by atoms with Crippen molar-refractivity contribution in [1.29, 1.82) is 0 Å². The van der Waals surface area contributed by atoms with Crippen LogP contribution < -0.4 is 11.1 Å². The first-order chi connectivity index (χ1) is 11.5. The van der Waals surface area contributed by atoms with Crippen molar-refractivity contribution < 1.29 is 0 Å². The van der Waals surface area contributed by atoms with Crippen LogP contribution in [0.1, 0.15) is 0 Å². The van der Waals surface area contributed by atoms with Gasteiger partial charge >= 0.3 is 11.1 Å². The second-order valence-electron chi connectivity index (χ2n) is 5.42. The Labute approximate surface area is 142 Å². The smallest absolute Gasteiger partial charge is 0.265 e. The van der Waals surface area contributed by atoms with Gasteiger partial charge in [-0.3, -0.25) is 18.4 Å². The summed E-state index contributed by atoms with van der Waals surface area (Å²) in [4.78, 5) is 34.4. The quantitative estimate of drug-likeness (QED) is 0.427. The first-order valence-corrected chi connectivity index (χ1v) is 7.75. The number of nitrogens with zero attached hydrogens (tertiary/aromatic N) is 4. The molecule has 0 amide bonds. The molecule has 0 N–H and O–H groups in total. The molecule has 0 saturated carbocycles. The molecule has 8 heteroatoms. The minimum atomic E-state index is -0.429. The van der Waals surface area contributed by atoms with E-state index in [0.717, 1.165) is 0 Å². The number of hydrogen-bond acceptors (Lipinski definition) is 4. The van der Waals surface area contributed by atoms with Crippen molar-refractivity contribution in [2.45, 2.75) is 0 Å². The molecule has 0 atom stereocenters. The van der Waals surface area contributed by atoms with E-state index in [9.17, 15) is 9.59 Å². The van der Waals surface area contributed by atoms with Gasteiger partial charge in [-0.25, -0.2) is 9.97 Å². The Bertz CT molecular complexity index is 1420. The predicted molar refractivity (Wildman–Crippen MR) is 92.7 cm³/mol. The third-order valence-corrected chi connectivity index (χ3v) is 4.49. The van der Waals surface area contributed by atoms with E-state index in [1.165, 1.54) is 8.80 Å². The maximum absolute atomic E-state index is 12.9. The summed E-state index contributed by atoms with van der Waals surface area (Å²) >= 11 is 12.0. The Morgan fingerprint density at radius 2 is 1.29 bits per heavy atom. The number of benzene rings is 2. The summed E-state index contributed by atoms with van der Waals surface area (Å²) in [5, 5.41) is 0.934. The third kappa shape index (κ3) is 1.61. The fourth-order valence-corrected chi connectivity index (χ4v) is 3.33. The zero-order valence-electron chi connectivity index (χ0n) is 11.8. The van der Waals surface area contributed by atoms with Crippen LogP contribution in [0.15, 0.2) is 46.0 Å². The first-order valence-electron chi connectivity index (χ1n) is 7.00. The molecule has 5 rings (SSSR count). The van der Waals surface area contributed by atoms with E-state index in [1.54, 1.807) is 36.4 Å². The van der Waals surface area contributed by atoms with Gasteiger partial charge in [0.05, 0.1) is 22.1 Å². The molecular formula is C16H6Cl2N4O2. The number of hydrogen-bond donors (Lipinski definition) is 0. The Kier molecular flexibility index (Phi) is 2.53. The standard InChI is InChI=1S/C16H6Cl2N4O2/c17-7-2-4-11-10(5-7)20-14-16(24)22-12-6-8(18)1-3-9(12)19-13(22)15(23)21(11)14/h1-6H. The topological polar surface area (TPSA) is 68.7 Å². The summed E-state index contributed by atoms with van der Waals surface area (Å²) in [6, 6.07) is 9.86. The van der Waals surface area contributed by atoms with E-state index in [0.29, 0.717) is 32.1 Å². The molecule has 3 aromatic heterocycles. The molecule has 2 aromatic carbocycles.